The normalized spacial score (nSPS) is 18.5. The molecule has 0 aromatic heterocycles. The lowest BCUT2D eigenvalue weighted by Crippen LogP contribution is -2.47. The minimum absolute atomic E-state index is 0.0594. The van der Waals surface area contributed by atoms with Gasteiger partial charge >= 0.3 is 12.0 Å². The third-order valence-corrected chi connectivity index (χ3v) is 3.52. The Morgan fingerprint density at radius 2 is 1.67 bits per heavy atom. The standard InChI is InChI=1S/C13H22N2O3/c1-2-3-8-14(10-4-5-10)13(18)15(9-12(16)17)11-6-7-11/h10-11H,2-9H2,1H3,(H,16,17). The maximum atomic E-state index is 12.4. The highest BCUT2D eigenvalue weighted by molar-refractivity contribution is 5.81. The molecule has 2 aliphatic carbocycles. The molecule has 2 amide bonds. The summed E-state index contributed by atoms with van der Waals surface area (Å²) in [5.41, 5.74) is 0. The third kappa shape index (κ3) is 3.37. The van der Waals surface area contributed by atoms with Crippen molar-refractivity contribution in [1.29, 1.82) is 0 Å². The van der Waals surface area contributed by atoms with Crippen LogP contribution in [0.25, 0.3) is 0 Å². The molecule has 102 valence electrons. The number of carboxylic acids is 1. The van der Waals surface area contributed by atoms with Crippen molar-refractivity contribution >= 4 is 12.0 Å². The van der Waals surface area contributed by atoms with E-state index in [2.05, 4.69) is 6.92 Å². The Morgan fingerprint density at radius 3 is 2.11 bits per heavy atom. The molecule has 5 nitrogen and oxygen atoms in total. The van der Waals surface area contributed by atoms with Crippen molar-refractivity contribution in [2.75, 3.05) is 13.1 Å². The molecule has 0 bridgehead atoms. The lowest BCUT2D eigenvalue weighted by atomic mass is 10.3. The highest BCUT2D eigenvalue weighted by Crippen LogP contribution is 2.32. The van der Waals surface area contributed by atoms with Gasteiger partial charge in [-0.05, 0) is 32.1 Å². The van der Waals surface area contributed by atoms with Gasteiger partial charge < -0.3 is 14.9 Å². The van der Waals surface area contributed by atoms with Crippen LogP contribution < -0.4 is 0 Å². The van der Waals surface area contributed by atoms with Crippen LogP contribution in [-0.2, 0) is 4.79 Å². The van der Waals surface area contributed by atoms with Crippen LogP contribution in [0.5, 0.6) is 0 Å². The third-order valence-electron chi connectivity index (χ3n) is 3.52. The molecule has 0 atom stereocenters. The number of carboxylic acid groups (broad SMARTS) is 1. The lowest BCUT2D eigenvalue weighted by Gasteiger charge is -2.30. The zero-order valence-corrected chi connectivity index (χ0v) is 11.0. The van der Waals surface area contributed by atoms with Gasteiger partial charge in [-0.15, -0.1) is 0 Å². The monoisotopic (exact) mass is 254 g/mol. The van der Waals surface area contributed by atoms with Crippen LogP contribution in [0.15, 0.2) is 0 Å². The van der Waals surface area contributed by atoms with Gasteiger partial charge in [-0.25, -0.2) is 4.79 Å². The number of unbranched alkanes of at least 4 members (excludes halogenated alkanes) is 1. The van der Waals surface area contributed by atoms with Crippen molar-refractivity contribution in [2.24, 2.45) is 0 Å². The summed E-state index contributed by atoms with van der Waals surface area (Å²) in [6, 6.07) is 0.464. The zero-order chi connectivity index (χ0) is 13.1. The maximum Gasteiger partial charge on any atom is 0.323 e. The number of nitrogens with zero attached hydrogens (tertiary/aromatic N) is 2. The van der Waals surface area contributed by atoms with E-state index in [0.717, 1.165) is 45.1 Å². The van der Waals surface area contributed by atoms with Crippen LogP contribution in [0.2, 0.25) is 0 Å². The summed E-state index contributed by atoms with van der Waals surface area (Å²) in [5, 5.41) is 8.91. The largest absolute Gasteiger partial charge is 0.480 e. The Morgan fingerprint density at radius 1 is 1.11 bits per heavy atom. The van der Waals surface area contributed by atoms with E-state index in [-0.39, 0.29) is 18.6 Å². The average molecular weight is 254 g/mol. The van der Waals surface area contributed by atoms with Crippen LogP contribution in [0.3, 0.4) is 0 Å². The van der Waals surface area contributed by atoms with Crippen molar-refractivity contribution in [1.82, 2.24) is 9.80 Å². The van der Waals surface area contributed by atoms with Crippen molar-refractivity contribution < 1.29 is 14.7 Å². The molecule has 2 aliphatic rings. The lowest BCUT2D eigenvalue weighted by molar-refractivity contribution is -0.137. The van der Waals surface area contributed by atoms with Gasteiger partial charge in [0.25, 0.3) is 0 Å². The Bertz CT molecular complexity index is 324. The summed E-state index contributed by atoms with van der Waals surface area (Å²) in [7, 11) is 0. The molecule has 18 heavy (non-hydrogen) atoms. The Labute approximate surface area is 108 Å². The number of hydrogen-bond donors (Lipinski definition) is 1. The fourth-order valence-corrected chi connectivity index (χ4v) is 2.20. The second-order valence-electron chi connectivity index (χ2n) is 5.31. The van der Waals surface area contributed by atoms with Crippen LogP contribution in [0.1, 0.15) is 45.4 Å². The Balaban J connectivity index is 1.97. The van der Waals surface area contributed by atoms with Gasteiger partial charge in [0.05, 0.1) is 0 Å². The van der Waals surface area contributed by atoms with E-state index in [4.69, 9.17) is 5.11 Å². The number of hydrogen-bond acceptors (Lipinski definition) is 2. The van der Waals surface area contributed by atoms with Crippen molar-refractivity contribution in [2.45, 2.75) is 57.5 Å². The molecule has 2 rings (SSSR count). The second kappa shape index (κ2) is 5.59. The maximum absolute atomic E-state index is 12.4. The molecule has 2 saturated carbocycles. The molecule has 2 fully saturated rings. The summed E-state index contributed by atoms with van der Waals surface area (Å²) < 4.78 is 0. The molecule has 0 heterocycles. The molecule has 0 unspecified atom stereocenters. The molecule has 5 heteroatoms. The number of amides is 2. The highest BCUT2D eigenvalue weighted by atomic mass is 16.4. The minimum Gasteiger partial charge on any atom is -0.480 e. The number of rotatable bonds is 7. The SMILES string of the molecule is CCCCN(C(=O)N(CC(=O)O)C1CC1)C1CC1. The Hall–Kier alpha value is -1.26. The number of carbonyl (C=O) groups is 2. The van der Waals surface area contributed by atoms with Crippen LogP contribution in [-0.4, -0.2) is 52.1 Å². The predicted octanol–water partition coefficient (Wildman–Crippen LogP) is 1.92. The second-order valence-corrected chi connectivity index (χ2v) is 5.31. The fourth-order valence-electron chi connectivity index (χ4n) is 2.20. The van der Waals surface area contributed by atoms with E-state index in [9.17, 15) is 9.59 Å². The van der Waals surface area contributed by atoms with E-state index in [0.29, 0.717) is 6.04 Å². The molecule has 0 aliphatic heterocycles. The van der Waals surface area contributed by atoms with Gasteiger partial charge in [0, 0.05) is 18.6 Å². The summed E-state index contributed by atoms with van der Waals surface area (Å²) >= 11 is 0. The quantitative estimate of drug-likeness (QED) is 0.755. The van der Waals surface area contributed by atoms with Crippen LogP contribution in [0.4, 0.5) is 4.79 Å². The van der Waals surface area contributed by atoms with Crippen LogP contribution >= 0.6 is 0 Å². The van der Waals surface area contributed by atoms with Crippen LogP contribution in [0, 0.1) is 0 Å². The summed E-state index contributed by atoms with van der Waals surface area (Å²) in [6.07, 6.45) is 6.09. The number of aliphatic carboxylic acids is 1. The molecular formula is C13H22N2O3. The Kier molecular flexibility index (Phi) is 4.09. The summed E-state index contributed by atoms with van der Waals surface area (Å²) in [4.78, 5) is 26.7. The van der Waals surface area contributed by atoms with Crippen molar-refractivity contribution in [3.05, 3.63) is 0 Å². The average Bonchev–Trinajstić information content (AvgIpc) is 3.15. The van der Waals surface area contributed by atoms with E-state index in [1.54, 1.807) is 4.90 Å². The van der Waals surface area contributed by atoms with E-state index in [1.165, 1.54) is 0 Å². The van der Waals surface area contributed by atoms with Gasteiger partial charge in [0.1, 0.15) is 6.54 Å². The zero-order valence-electron chi connectivity index (χ0n) is 11.0. The molecule has 0 spiro atoms. The first-order valence-electron chi connectivity index (χ1n) is 6.92. The molecule has 0 radical (unpaired) electrons. The topological polar surface area (TPSA) is 60.9 Å². The molecule has 1 N–H and O–H groups in total. The van der Waals surface area contributed by atoms with Gasteiger partial charge in [-0.1, -0.05) is 13.3 Å². The summed E-state index contributed by atoms with van der Waals surface area (Å²) in [5.74, 6) is -0.915. The summed E-state index contributed by atoms with van der Waals surface area (Å²) in [6.45, 7) is 2.72. The van der Waals surface area contributed by atoms with Gasteiger partial charge in [-0.2, -0.15) is 0 Å². The number of urea groups is 1. The molecule has 0 aromatic carbocycles. The van der Waals surface area contributed by atoms with Gasteiger partial charge in [-0.3, -0.25) is 4.79 Å². The highest BCUT2D eigenvalue weighted by Gasteiger charge is 2.40. The van der Waals surface area contributed by atoms with Crippen molar-refractivity contribution in [3.8, 4) is 0 Å². The molecule has 0 saturated heterocycles. The minimum atomic E-state index is -0.915. The van der Waals surface area contributed by atoms with Gasteiger partial charge in [0.2, 0.25) is 0 Å². The molecular weight excluding hydrogens is 232 g/mol. The van der Waals surface area contributed by atoms with E-state index >= 15 is 0 Å². The van der Waals surface area contributed by atoms with E-state index in [1.807, 2.05) is 4.90 Å². The molecule has 0 aromatic rings. The first-order valence-corrected chi connectivity index (χ1v) is 6.92. The fraction of sp³-hybridized carbons (Fsp3) is 0.846. The van der Waals surface area contributed by atoms with Crippen molar-refractivity contribution in [3.63, 3.8) is 0 Å². The first kappa shape index (κ1) is 13.2. The van der Waals surface area contributed by atoms with Gasteiger partial charge in [0.15, 0.2) is 0 Å². The predicted molar refractivity (Wildman–Crippen MR) is 67.4 cm³/mol. The van der Waals surface area contributed by atoms with E-state index < -0.39 is 5.97 Å². The first-order chi connectivity index (χ1) is 8.63. The number of carbonyl (C=O) groups excluding carboxylic acids is 1. The smallest absolute Gasteiger partial charge is 0.323 e.